The van der Waals surface area contributed by atoms with Crippen molar-refractivity contribution < 1.29 is 14.4 Å². The van der Waals surface area contributed by atoms with Crippen molar-refractivity contribution in [1.82, 2.24) is 15.1 Å². The molecule has 0 aromatic carbocycles. The summed E-state index contributed by atoms with van der Waals surface area (Å²) in [5.74, 6) is -1.53. The molecule has 1 atom stereocenters. The maximum Gasteiger partial charge on any atom is 0.330 e. The predicted molar refractivity (Wildman–Crippen MR) is 71.4 cm³/mol. The van der Waals surface area contributed by atoms with Crippen LogP contribution in [-0.2, 0) is 9.59 Å². The third-order valence-corrected chi connectivity index (χ3v) is 3.47. The molecule has 19 heavy (non-hydrogen) atoms. The fraction of sp³-hybridized carbons (Fsp3) is 0.769. The average Bonchev–Trinajstić information content (AvgIpc) is 2.38. The number of urea groups is 1. The molecule has 4 amide bonds. The smallest absolute Gasteiger partial charge is 0.302 e. The highest BCUT2D eigenvalue weighted by atomic mass is 16.2. The number of carbonyl (C=O) groups excluding carboxylic acids is 3. The number of nitrogens with zero attached hydrogens (tertiary/aromatic N) is 2. The van der Waals surface area contributed by atoms with Gasteiger partial charge in [0.2, 0.25) is 11.8 Å². The molecular weight excluding hydrogens is 246 g/mol. The van der Waals surface area contributed by atoms with Crippen LogP contribution in [0.5, 0.6) is 0 Å². The van der Waals surface area contributed by atoms with Gasteiger partial charge in [0.15, 0.2) is 0 Å². The number of carbonyl (C=O) groups is 3. The summed E-state index contributed by atoms with van der Waals surface area (Å²) in [6.07, 6.45) is 1.22. The summed E-state index contributed by atoms with van der Waals surface area (Å²) in [5.41, 5.74) is 0. The fourth-order valence-electron chi connectivity index (χ4n) is 2.20. The van der Waals surface area contributed by atoms with E-state index in [-0.39, 0.29) is 5.91 Å². The van der Waals surface area contributed by atoms with Gasteiger partial charge in [-0.2, -0.15) is 0 Å². The summed E-state index contributed by atoms with van der Waals surface area (Å²) < 4.78 is 0. The number of rotatable bonds is 7. The van der Waals surface area contributed by atoms with Crippen LogP contribution >= 0.6 is 0 Å². The van der Waals surface area contributed by atoms with Crippen molar-refractivity contribution in [3.63, 3.8) is 0 Å². The Kier molecular flexibility index (Phi) is 5.95. The molecule has 1 fully saturated rings. The lowest BCUT2D eigenvalue weighted by atomic mass is 9.99. The Morgan fingerprint density at radius 2 is 1.79 bits per heavy atom. The van der Waals surface area contributed by atoms with E-state index in [1.54, 1.807) is 0 Å². The minimum absolute atomic E-state index is 0.333. The molecule has 1 saturated heterocycles. The molecule has 1 N–H and O–H groups in total. The number of nitrogens with one attached hydrogen (secondary N) is 1. The van der Waals surface area contributed by atoms with Crippen molar-refractivity contribution in [3.8, 4) is 0 Å². The fourth-order valence-corrected chi connectivity index (χ4v) is 2.20. The van der Waals surface area contributed by atoms with Crippen molar-refractivity contribution in [2.75, 3.05) is 26.2 Å². The highest BCUT2D eigenvalue weighted by Crippen LogP contribution is 2.15. The number of hydrogen-bond donors (Lipinski definition) is 1. The van der Waals surface area contributed by atoms with E-state index < -0.39 is 17.9 Å². The summed E-state index contributed by atoms with van der Waals surface area (Å²) in [6.45, 7) is 8.70. The van der Waals surface area contributed by atoms with Crippen molar-refractivity contribution >= 4 is 17.8 Å². The summed E-state index contributed by atoms with van der Waals surface area (Å²) in [4.78, 5) is 38.8. The van der Waals surface area contributed by atoms with E-state index in [0.717, 1.165) is 19.5 Å². The maximum absolute atomic E-state index is 12.2. The van der Waals surface area contributed by atoms with Gasteiger partial charge in [-0.15, -0.1) is 0 Å². The Labute approximate surface area is 114 Å². The number of likely N-dealkylation sites (N-methyl/N-ethyl adjacent to an activating group) is 1. The molecule has 0 aromatic heterocycles. The van der Waals surface area contributed by atoms with Crippen LogP contribution < -0.4 is 5.32 Å². The average molecular weight is 269 g/mol. The molecule has 1 heterocycles. The predicted octanol–water partition coefficient (Wildman–Crippen LogP) is 0.823. The van der Waals surface area contributed by atoms with Crippen LogP contribution in [0.4, 0.5) is 4.79 Å². The van der Waals surface area contributed by atoms with Crippen LogP contribution in [0.15, 0.2) is 0 Å². The third kappa shape index (κ3) is 3.76. The Morgan fingerprint density at radius 1 is 1.16 bits per heavy atom. The van der Waals surface area contributed by atoms with Crippen molar-refractivity contribution in [2.24, 2.45) is 5.92 Å². The van der Waals surface area contributed by atoms with Gasteiger partial charge in [0.25, 0.3) is 0 Å². The number of imide groups is 2. The van der Waals surface area contributed by atoms with E-state index in [2.05, 4.69) is 10.2 Å². The van der Waals surface area contributed by atoms with Crippen LogP contribution in [-0.4, -0.2) is 53.8 Å². The molecule has 1 rings (SSSR count). The second-order valence-corrected chi connectivity index (χ2v) is 4.65. The Morgan fingerprint density at radius 3 is 2.32 bits per heavy atom. The van der Waals surface area contributed by atoms with Crippen LogP contribution in [0.3, 0.4) is 0 Å². The zero-order valence-electron chi connectivity index (χ0n) is 11.9. The lowest BCUT2D eigenvalue weighted by Crippen LogP contribution is -2.59. The first-order chi connectivity index (χ1) is 9.04. The van der Waals surface area contributed by atoms with Crippen LogP contribution in [0, 0.1) is 5.92 Å². The lowest BCUT2D eigenvalue weighted by Gasteiger charge is -2.31. The van der Waals surface area contributed by atoms with E-state index in [0.29, 0.717) is 19.5 Å². The van der Waals surface area contributed by atoms with Gasteiger partial charge in [-0.05, 0) is 19.5 Å². The number of barbiturate groups is 1. The molecule has 0 bridgehead atoms. The molecule has 1 unspecified atom stereocenters. The first-order valence-electron chi connectivity index (χ1n) is 6.93. The zero-order valence-corrected chi connectivity index (χ0v) is 11.9. The van der Waals surface area contributed by atoms with Gasteiger partial charge >= 0.3 is 6.03 Å². The van der Waals surface area contributed by atoms with E-state index in [1.807, 2.05) is 20.8 Å². The summed E-state index contributed by atoms with van der Waals surface area (Å²) in [7, 11) is 0. The highest BCUT2D eigenvalue weighted by Gasteiger charge is 2.39. The summed E-state index contributed by atoms with van der Waals surface area (Å²) in [5, 5.41) is 2.26. The normalized spacial score (nSPS) is 20.1. The van der Waals surface area contributed by atoms with E-state index in [4.69, 9.17) is 0 Å². The van der Waals surface area contributed by atoms with Gasteiger partial charge in [-0.25, -0.2) is 4.79 Å². The van der Waals surface area contributed by atoms with Crippen LogP contribution in [0.25, 0.3) is 0 Å². The molecule has 1 aliphatic rings. The van der Waals surface area contributed by atoms with Gasteiger partial charge in [0.1, 0.15) is 5.92 Å². The SMILES string of the molecule is CCCC1C(=O)NC(=O)N(CCN(CC)CC)C1=O. The van der Waals surface area contributed by atoms with Crippen molar-refractivity contribution in [2.45, 2.75) is 33.6 Å². The lowest BCUT2D eigenvalue weighted by molar-refractivity contribution is -0.143. The summed E-state index contributed by atoms with van der Waals surface area (Å²) >= 11 is 0. The van der Waals surface area contributed by atoms with Gasteiger partial charge in [-0.1, -0.05) is 27.2 Å². The largest absolute Gasteiger partial charge is 0.330 e. The highest BCUT2D eigenvalue weighted by molar-refractivity contribution is 6.16. The zero-order chi connectivity index (χ0) is 14.4. The maximum atomic E-state index is 12.2. The molecule has 0 saturated carbocycles. The first-order valence-corrected chi connectivity index (χ1v) is 6.93. The number of hydrogen-bond acceptors (Lipinski definition) is 4. The van der Waals surface area contributed by atoms with Gasteiger partial charge in [-0.3, -0.25) is 19.8 Å². The van der Waals surface area contributed by atoms with Gasteiger partial charge in [0, 0.05) is 13.1 Å². The minimum atomic E-state index is -0.709. The van der Waals surface area contributed by atoms with Crippen LogP contribution in [0.1, 0.15) is 33.6 Å². The summed E-state index contributed by atoms with van der Waals surface area (Å²) in [6, 6.07) is -0.588. The molecule has 0 aliphatic carbocycles. The second-order valence-electron chi connectivity index (χ2n) is 4.65. The quantitative estimate of drug-likeness (QED) is 0.695. The Balaban J connectivity index is 2.67. The molecular formula is C13H23N3O3. The van der Waals surface area contributed by atoms with E-state index in [9.17, 15) is 14.4 Å². The van der Waals surface area contributed by atoms with Gasteiger partial charge < -0.3 is 4.90 Å². The minimum Gasteiger partial charge on any atom is -0.302 e. The molecule has 0 spiro atoms. The molecule has 108 valence electrons. The van der Waals surface area contributed by atoms with Crippen molar-refractivity contribution in [3.05, 3.63) is 0 Å². The van der Waals surface area contributed by atoms with Gasteiger partial charge in [0.05, 0.1) is 0 Å². The number of amides is 4. The Bertz CT molecular complexity index is 353. The second kappa shape index (κ2) is 7.23. The molecule has 6 heteroatoms. The third-order valence-electron chi connectivity index (χ3n) is 3.47. The molecule has 1 aliphatic heterocycles. The van der Waals surface area contributed by atoms with E-state index >= 15 is 0 Å². The monoisotopic (exact) mass is 269 g/mol. The van der Waals surface area contributed by atoms with Crippen LogP contribution in [0.2, 0.25) is 0 Å². The Hall–Kier alpha value is -1.43. The topological polar surface area (TPSA) is 69.7 Å². The van der Waals surface area contributed by atoms with Crippen molar-refractivity contribution in [1.29, 1.82) is 0 Å². The molecule has 0 aromatic rings. The van der Waals surface area contributed by atoms with E-state index in [1.165, 1.54) is 4.90 Å². The molecule has 6 nitrogen and oxygen atoms in total. The standard InChI is InChI=1S/C13H23N3O3/c1-4-7-10-11(17)14-13(19)16(12(10)18)9-8-15(5-2)6-3/h10H,4-9H2,1-3H3,(H,14,17,19). The molecule has 0 radical (unpaired) electrons. The first kappa shape index (κ1) is 15.6.